The van der Waals surface area contributed by atoms with Crippen molar-refractivity contribution >= 4 is 12.1 Å². The standard InChI is InChI=1S/C17H16N4O4/c1-2-24-16-8-11(5-6-14(16)22)10-18-21-17(23)13-9-12(19-20-13)15-4-3-7-25-15/h3-10,22H,2H2,1H3,(H,19,20)(H,21,23)/b18-10-. The molecule has 128 valence electrons. The number of carbonyl (C=O) groups excluding carboxylic acids is 1. The van der Waals surface area contributed by atoms with Crippen LogP contribution in [0.1, 0.15) is 23.0 Å². The third-order valence-corrected chi connectivity index (χ3v) is 3.26. The Balaban J connectivity index is 1.64. The van der Waals surface area contributed by atoms with E-state index in [-0.39, 0.29) is 11.4 Å². The van der Waals surface area contributed by atoms with Crippen molar-refractivity contribution in [3.8, 4) is 23.0 Å². The zero-order valence-corrected chi connectivity index (χ0v) is 13.4. The Bertz CT molecular complexity index is 884. The number of aromatic nitrogens is 2. The SMILES string of the molecule is CCOc1cc(/C=N\NC(=O)c2cc(-c3ccco3)[nH]n2)ccc1O. The van der Waals surface area contributed by atoms with Crippen LogP contribution < -0.4 is 10.2 Å². The minimum atomic E-state index is -0.464. The number of hydrogen-bond donors (Lipinski definition) is 3. The molecule has 0 aliphatic rings. The number of furan rings is 1. The maximum absolute atomic E-state index is 12.0. The molecule has 3 N–H and O–H groups in total. The Morgan fingerprint density at radius 3 is 3.08 bits per heavy atom. The molecule has 8 heteroatoms. The lowest BCUT2D eigenvalue weighted by atomic mass is 10.2. The van der Waals surface area contributed by atoms with Crippen LogP contribution in [0.5, 0.6) is 11.5 Å². The average molecular weight is 340 g/mol. The first-order chi connectivity index (χ1) is 12.2. The highest BCUT2D eigenvalue weighted by atomic mass is 16.5. The number of phenols is 1. The second-order valence-corrected chi connectivity index (χ2v) is 5.00. The molecule has 0 unspecified atom stereocenters. The first-order valence-corrected chi connectivity index (χ1v) is 7.56. The van der Waals surface area contributed by atoms with Crippen molar-refractivity contribution in [2.45, 2.75) is 6.92 Å². The van der Waals surface area contributed by atoms with Crippen molar-refractivity contribution in [1.82, 2.24) is 15.6 Å². The third-order valence-electron chi connectivity index (χ3n) is 3.26. The van der Waals surface area contributed by atoms with Gasteiger partial charge in [0.25, 0.3) is 5.91 Å². The van der Waals surface area contributed by atoms with Gasteiger partial charge in [-0.05, 0) is 42.8 Å². The van der Waals surface area contributed by atoms with Gasteiger partial charge in [-0.15, -0.1) is 0 Å². The minimum absolute atomic E-state index is 0.0463. The Hall–Kier alpha value is -3.55. The number of nitrogens with zero attached hydrogens (tertiary/aromatic N) is 2. The van der Waals surface area contributed by atoms with Crippen molar-refractivity contribution in [3.05, 3.63) is 53.9 Å². The van der Waals surface area contributed by atoms with Gasteiger partial charge in [-0.2, -0.15) is 10.2 Å². The number of nitrogens with one attached hydrogen (secondary N) is 2. The summed E-state index contributed by atoms with van der Waals surface area (Å²) in [6.45, 7) is 2.25. The van der Waals surface area contributed by atoms with Crippen LogP contribution in [0.15, 0.2) is 52.2 Å². The molecule has 25 heavy (non-hydrogen) atoms. The van der Waals surface area contributed by atoms with Gasteiger partial charge in [-0.25, -0.2) is 5.43 Å². The molecule has 3 rings (SSSR count). The molecule has 0 spiro atoms. The molecular weight excluding hydrogens is 324 g/mol. The molecule has 0 atom stereocenters. The minimum Gasteiger partial charge on any atom is -0.504 e. The van der Waals surface area contributed by atoms with E-state index in [1.807, 2.05) is 6.92 Å². The van der Waals surface area contributed by atoms with Crippen LogP contribution in [0.3, 0.4) is 0 Å². The van der Waals surface area contributed by atoms with Crippen molar-refractivity contribution in [3.63, 3.8) is 0 Å². The van der Waals surface area contributed by atoms with E-state index in [4.69, 9.17) is 9.15 Å². The van der Waals surface area contributed by atoms with Gasteiger partial charge >= 0.3 is 0 Å². The fourth-order valence-electron chi connectivity index (χ4n) is 2.10. The summed E-state index contributed by atoms with van der Waals surface area (Å²) in [6.07, 6.45) is 2.98. The fraction of sp³-hybridized carbons (Fsp3) is 0.118. The number of benzene rings is 1. The van der Waals surface area contributed by atoms with E-state index < -0.39 is 5.91 Å². The van der Waals surface area contributed by atoms with Gasteiger partial charge < -0.3 is 14.3 Å². The molecule has 0 aliphatic heterocycles. The molecule has 2 heterocycles. The third kappa shape index (κ3) is 3.86. The quantitative estimate of drug-likeness (QED) is 0.471. The summed E-state index contributed by atoms with van der Waals surface area (Å²) in [4.78, 5) is 12.0. The van der Waals surface area contributed by atoms with Gasteiger partial charge in [-0.3, -0.25) is 9.89 Å². The maximum Gasteiger partial charge on any atom is 0.291 e. The number of hydrazone groups is 1. The lowest BCUT2D eigenvalue weighted by Gasteiger charge is -2.05. The van der Waals surface area contributed by atoms with Gasteiger partial charge in [0.1, 0.15) is 5.69 Å². The van der Waals surface area contributed by atoms with Gasteiger partial charge in [0.05, 0.1) is 19.1 Å². The zero-order valence-electron chi connectivity index (χ0n) is 13.4. The number of hydrogen-bond acceptors (Lipinski definition) is 6. The second kappa shape index (κ2) is 7.35. The average Bonchev–Trinajstić information content (AvgIpc) is 3.29. The van der Waals surface area contributed by atoms with Crippen LogP contribution in [0.4, 0.5) is 0 Å². The summed E-state index contributed by atoms with van der Waals surface area (Å²) in [5.41, 5.74) is 3.83. The highest BCUT2D eigenvalue weighted by Crippen LogP contribution is 2.26. The molecule has 0 aliphatic carbocycles. The van der Waals surface area contributed by atoms with E-state index in [1.54, 1.807) is 30.3 Å². The summed E-state index contributed by atoms with van der Waals surface area (Å²) in [7, 11) is 0. The van der Waals surface area contributed by atoms with E-state index in [2.05, 4.69) is 20.7 Å². The Labute approximate surface area is 143 Å². The van der Waals surface area contributed by atoms with Gasteiger partial charge in [-0.1, -0.05) is 0 Å². The van der Waals surface area contributed by atoms with Crippen molar-refractivity contribution < 1.29 is 19.1 Å². The van der Waals surface area contributed by atoms with E-state index in [9.17, 15) is 9.90 Å². The van der Waals surface area contributed by atoms with Gasteiger partial charge in [0, 0.05) is 6.07 Å². The Morgan fingerprint density at radius 2 is 2.32 bits per heavy atom. The summed E-state index contributed by atoms with van der Waals surface area (Å²) >= 11 is 0. The number of ether oxygens (including phenoxy) is 1. The summed E-state index contributed by atoms with van der Waals surface area (Å²) in [5, 5.41) is 20.2. The molecule has 2 aromatic heterocycles. The lowest BCUT2D eigenvalue weighted by molar-refractivity contribution is 0.0950. The van der Waals surface area contributed by atoms with Crippen LogP contribution >= 0.6 is 0 Å². The molecular formula is C17H16N4O4. The van der Waals surface area contributed by atoms with Crippen molar-refractivity contribution in [2.75, 3.05) is 6.61 Å². The predicted molar refractivity (Wildman–Crippen MR) is 90.6 cm³/mol. The molecule has 0 saturated heterocycles. The molecule has 3 aromatic rings. The highest BCUT2D eigenvalue weighted by Gasteiger charge is 2.12. The van der Waals surface area contributed by atoms with Crippen LogP contribution in [0, 0.1) is 0 Å². The molecule has 0 radical (unpaired) electrons. The topological polar surface area (TPSA) is 113 Å². The molecule has 8 nitrogen and oxygen atoms in total. The summed E-state index contributed by atoms with van der Waals surface area (Å²) < 4.78 is 10.5. The molecule has 0 bridgehead atoms. The van der Waals surface area contributed by atoms with Gasteiger partial charge in [0.2, 0.25) is 0 Å². The fourth-order valence-corrected chi connectivity index (χ4v) is 2.10. The summed E-state index contributed by atoms with van der Waals surface area (Å²) in [5.74, 6) is 0.523. The summed E-state index contributed by atoms with van der Waals surface area (Å²) in [6, 6.07) is 9.84. The van der Waals surface area contributed by atoms with Crippen LogP contribution in [-0.4, -0.2) is 34.0 Å². The number of phenolic OH excluding ortho intramolecular Hbond substituents is 1. The van der Waals surface area contributed by atoms with E-state index in [1.165, 1.54) is 18.5 Å². The Morgan fingerprint density at radius 1 is 1.44 bits per heavy atom. The zero-order chi connectivity index (χ0) is 17.6. The number of amides is 1. The second-order valence-electron chi connectivity index (χ2n) is 5.00. The van der Waals surface area contributed by atoms with Crippen molar-refractivity contribution in [2.24, 2.45) is 5.10 Å². The smallest absolute Gasteiger partial charge is 0.291 e. The first kappa shape index (κ1) is 16.3. The predicted octanol–water partition coefficient (Wildman–Crippen LogP) is 2.54. The van der Waals surface area contributed by atoms with Gasteiger partial charge in [0.15, 0.2) is 23.0 Å². The molecule has 1 aromatic carbocycles. The van der Waals surface area contributed by atoms with Crippen molar-refractivity contribution in [1.29, 1.82) is 0 Å². The maximum atomic E-state index is 12.0. The number of rotatable bonds is 6. The van der Waals surface area contributed by atoms with E-state index in [0.717, 1.165) is 0 Å². The number of aromatic amines is 1. The Kier molecular flexibility index (Phi) is 4.79. The van der Waals surface area contributed by atoms with Crippen LogP contribution in [0.25, 0.3) is 11.5 Å². The first-order valence-electron chi connectivity index (χ1n) is 7.56. The normalized spacial score (nSPS) is 10.9. The largest absolute Gasteiger partial charge is 0.504 e. The van der Waals surface area contributed by atoms with E-state index in [0.29, 0.717) is 29.4 Å². The highest BCUT2D eigenvalue weighted by molar-refractivity contribution is 5.94. The van der Waals surface area contributed by atoms with Crippen LogP contribution in [0.2, 0.25) is 0 Å². The monoisotopic (exact) mass is 340 g/mol. The lowest BCUT2D eigenvalue weighted by Crippen LogP contribution is -2.18. The number of H-pyrrole nitrogens is 1. The van der Waals surface area contributed by atoms with E-state index >= 15 is 0 Å². The molecule has 1 amide bonds. The molecule has 0 fully saturated rings. The number of carbonyl (C=O) groups is 1. The number of aromatic hydroxyl groups is 1. The molecule has 0 saturated carbocycles. The van der Waals surface area contributed by atoms with Crippen LogP contribution in [-0.2, 0) is 0 Å².